The van der Waals surface area contributed by atoms with E-state index < -0.39 is 0 Å². The molecule has 19 heavy (non-hydrogen) atoms. The molecule has 1 saturated heterocycles. The molecule has 0 saturated carbocycles. The maximum Gasteiger partial charge on any atom is 0.123 e. The quantitative estimate of drug-likeness (QED) is 0.888. The van der Waals surface area contributed by atoms with E-state index in [9.17, 15) is 4.39 Å². The lowest BCUT2D eigenvalue weighted by Crippen LogP contribution is -2.58. The topological polar surface area (TPSA) is 12.0 Å². The molecule has 1 nitrogen and oxygen atoms in total. The van der Waals surface area contributed by atoms with Crippen molar-refractivity contribution in [2.75, 3.05) is 13.1 Å². The number of hydrogen-bond donors (Lipinski definition) is 1. The number of rotatable bonds is 3. The fraction of sp³-hybridized carbons (Fsp3) is 0.294. The molecular formula is C17H18FN. The van der Waals surface area contributed by atoms with Gasteiger partial charge < -0.3 is 5.32 Å². The van der Waals surface area contributed by atoms with Crippen molar-refractivity contribution in [1.29, 1.82) is 0 Å². The molecule has 0 aromatic heterocycles. The lowest BCUT2D eigenvalue weighted by molar-refractivity contribution is 0.274. The normalized spacial score (nSPS) is 16.9. The van der Waals surface area contributed by atoms with Crippen molar-refractivity contribution in [2.45, 2.75) is 18.8 Å². The van der Waals surface area contributed by atoms with Crippen LogP contribution in [0.15, 0.2) is 48.5 Å². The summed E-state index contributed by atoms with van der Waals surface area (Å²) in [6.45, 7) is 4.05. The molecule has 0 atom stereocenters. The third-order valence-electron chi connectivity index (χ3n) is 3.99. The van der Waals surface area contributed by atoms with Gasteiger partial charge in [0.1, 0.15) is 5.82 Å². The van der Waals surface area contributed by atoms with Crippen LogP contribution in [0.2, 0.25) is 0 Å². The van der Waals surface area contributed by atoms with Gasteiger partial charge in [0.05, 0.1) is 0 Å². The minimum Gasteiger partial charge on any atom is -0.315 e. The molecule has 3 rings (SSSR count). The van der Waals surface area contributed by atoms with Crippen molar-refractivity contribution in [2.24, 2.45) is 0 Å². The molecular weight excluding hydrogens is 237 g/mol. The van der Waals surface area contributed by atoms with Crippen molar-refractivity contribution in [3.05, 3.63) is 71.0 Å². The first-order valence-electron chi connectivity index (χ1n) is 6.70. The second-order valence-corrected chi connectivity index (χ2v) is 5.56. The number of halogens is 1. The second kappa shape index (κ2) is 4.78. The van der Waals surface area contributed by atoms with E-state index in [0.717, 1.165) is 25.1 Å². The van der Waals surface area contributed by atoms with Crippen LogP contribution in [0.3, 0.4) is 0 Å². The summed E-state index contributed by atoms with van der Waals surface area (Å²) in [7, 11) is 0. The molecule has 0 aliphatic carbocycles. The van der Waals surface area contributed by atoms with Gasteiger partial charge in [-0.15, -0.1) is 0 Å². The lowest BCUT2D eigenvalue weighted by Gasteiger charge is -2.43. The average Bonchev–Trinajstić information content (AvgIpc) is 2.34. The summed E-state index contributed by atoms with van der Waals surface area (Å²) in [5.41, 5.74) is 3.83. The summed E-state index contributed by atoms with van der Waals surface area (Å²) in [5.74, 6) is -0.149. The fourth-order valence-electron chi connectivity index (χ4n) is 2.87. The van der Waals surface area contributed by atoms with Gasteiger partial charge in [-0.25, -0.2) is 4.39 Å². The molecule has 1 heterocycles. The SMILES string of the molecule is Cc1cccc(C2(Cc3cccc(F)c3)CNC2)c1. The van der Waals surface area contributed by atoms with Crippen LogP contribution in [-0.2, 0) is 11.8 Å². The molecule has 1 fully saturated rings. The van der Waals surface area contributed by atoms with Crippen LogP contribution in [0.1, 0.15) is 16.7 Å². The molecule has 2 heteroatoms. The minimum absolute atomic E-state index is 0.125. The van der Waals surface area contributed by atoms with E-state index in [2.05, 4.69) is 36.5 Å². The number of benzene rings is 2. The van der Waals surface area contributed by atoms with Gasteiger partial charge in [0.2, 0.25) is 0 Å². The maximum atomic E-state index is 13.3. The first-order valence-corrected chi connectivity index (χ1v) is 6.70. The van der Waals surface area contributed by atoms with E-state index in [-0.39, 0.29) is 11.2 Å². The van der Waals surface area contributed by atoms with Crippen LogP contribution >= 0.6 is 0 Å². The predicted octanol–water partition coefficient (Wildman–Crippen LogP) is 3.22. The van der Waals surface area contributed by atoms with Gasteiger partial charge in [-0.2, -0.15) is 0 Å². The van der Waals surface area contributed by atoms with Gasteiger partial charge in [-0.1, -0.05) is 42.0 Å². The first kappa shape index (κ1) is 12.4. The number of hydrogen-bond acceptors (Lipinski definition) is 1. The Bertz CT molecular complexity index is 587. The zero-order chi connectivity index (χ0) is 13.3. The largest absolute Gasteiger partial charge is 0.315 e. The highest BCUT2D eigenvalue weighted by Crippen LogP contribution is 2.33. The van der Waals surface area contributed by atoms with E-state index in [1.807, 2.05) is 6.07 Å². The van der Waals surface area contributed by atoms with E-state index in [0.29, 0.717) is 0 Å². The van der Waals surface area contributed by atoms with Gasteiger partial charge in [0.15, 0.2) is 0 Å². The lowest BCUT2D eigenvalue weighted by atomic mass is 9.71. The molecule has 1 N–H and O–H groups in total. The van der Waals surface area contributed by atoms with Crippen LogP contribution in [0.4, 0.5) is 4.39 Å². The zero-order valence-corrected chi connectivity index (χ0v) is 11.1. The molecule has 0 radical (unpaired) electrons. The summed E-state index contributed by atoms with van der Waals surface area (Å²) >= 11 is 0. The molecule has 98 valence electrons. The van der Waals surface area contributed by atoms with Crippen molar-refractivity contribution >= 4 is 0 Å². The smallest absolute Gasteiger partial charge is 0.123 e. The molecule has 0 amide bonds. The second-order valence-electron chi connectivity index (χ2n) is 5.56. The third kappa shape index (κ3) is 2.41. The van der Waals surface area contributed by atoms with Gasteiger partial charge >= 0.3 is 0 Å². The summed E-state index contributed by atoms with van der Waals surface area (Å²) in [6.07, 6.45) is 0.890. The predicted molar refractivity (Wildman–Crippen MR) is 75.8 cm³/mol. The molecule has 1 aliphatic heterocycles. The van der Waals surface area contributed by atoms with Crippen molar-refractivity contribution in [1.82, 2.24) is 5.32 Å². The Kier molecular flexibility index (Phi) is 3.11. The Morgan fingerprint density at radius 2 is 1.89 bits per heavy atom. The minimum atomic E-state index is -0.149. The Morgan fingerprint density at radius 3 is 2.53 bits per heavy atom. The summed E-state index contributed by atoms with van der Waals surface area (Å²) in [4.78, 5) is 0. The third-order valence-corrected chi connectivity index (χ3v) is 3.99. The van der Waals surface area contributed by atoms with Crippen LogP contribution in [-0.4, -0.2) is 13.1 Å². The maximum absolute atomic E-state index is 13.3. The molecule has 0 bridgehead atoms. The fourth-order valence-corrected chi connectivity index (χ4v) is 2.87. The Morgan fingerprint density at radius 1 is 1.11 bits per heavy atom. The Labute approximate surface area is 113 Å². The van der Waals surface area contributed by atoms with Crippen LogP contribution in [0.5, 0.6) is 0 Å². The molecule has 2 aromatic rings. The Balaban J connectivity index is 1.91. The van der Waals surface area contributed by atoms with Gasteiger partial charge in [-0.3, -0.25) is 0 Å². The van der Waals surface area contributed by atoms with Crippen LogP contribution in [0.25, 0.3) is 0 Å². The van der Waals surface area contributed by atoms with E-state index >= 15 is 0 Å². The summed E-state index contributed by atoms with van der Waals surface area (Å²) < 4.78 is 13.3. The highest BCUT2D eigenvalue weighted by Gasteiger charge is 2.38. The highest BCUT2D eigenvalue weighted by atomic mass is 19.1. The summed E-state index contributed by atoms with van der Waals surface area (Å²) in [6, 6.07) is 15.6. The molecule has 0 spiro atoms. The van der Waals surface area contributed by atoms with E-state index in [1.165, 1.54) is 17.2 Å². The zero-order valence-electron chi connectivity index (χ0n) is 11.1. The van der Waals surface area contributed by atoms with E-state index in [4.69, 9.17) is 0 Å². The van der Waals surface area contributed by atoms with Crippen molar-refractivity contribution < 1.29 is 4.39 Å². The van der Waals surface area contributed by atoms with Gasteiger partial charge in [0, 0.05) is 18.5 Å². The van der Waals surface area contributed by atoms with Crippen molar-refractivity contribution in [3.63, 3.8) is 0 Å². The number of nitrogens with one attached hydrogen (secondary N) is 1. The summed E-state index contributed by atoms with van der Waals surface area (Å²) in [5, 5.41) is 3.36. The highest BCUT2D eigenvalue weighted by molar-refractivity contribution is 5.36. The monoisotopic (exact) mass is 255 g/mol. The van der Waals surface area contributed by atoms with Crippen LogP contribution in [0, 0.1) is 12.7 Å². The first-order chi connectivity index (χ1) is 9.18. The average molecular weight is 255 g/mol. The van der Waals surface area contributed by atoms with Crippen molar-refractivity contribution in [3.8, 4) is 0 Å². The Hall–Kier alpha value is -1.67. The van der Waals surface area contributed by atoms with Gasteiger partial charge in [0.25, 0.3) is 0 Å². The molecule has 2 aromatic carbocycles. The molecule has 0 unspecified atom stereocenters. The number of aryl methyl sites for hydroxylation is 1. The van der Waals surface area contributed by atoms with E-state index in [1.54, 1.807) is 12.1 Å². The standard InChI is InChI=1S/C17H18FN/c1-13-4-2-6-15(8-13)17(11-19-12-17)10-14-5-3-7-16(18)9-14/h2-9,19H,10-12H2,1H3. The van der Waals surface area contributed by atoms with Gasteiger partial charge in [-0.05, 0) is 36.6 Å². The molecule has 1 aliphatic rings. The van der Waals surface area contributed by atoms with Crippen LogP contribution < -0.4 is 5.32 Å².